The number of pyridine rings is 1. The third-order valence-corrected chi connectivity index (χ3v) is 7.99. The lowest BCUT2D eigenvalue weighted by atomic mass is 9.68. The number of nitrogens with two attached hydrogens (primary N) is 1. The van der Waals surface area contributed by atoms with Crippen LogP contribution in [0.2, 0.25) is 10.0 Å². The van der Waals surface area contributed by atoms with Gasteiger partial charge in [-0.05, 0) is 70.8 Å². The molecule has 3 N–H and O–H groups in total. The molecule has 4 atom stereocenters. The summed E-state index contributed by atoms with van der Waals surface area (Å²) in [6, 6.07) is 24.3. The molecule has 1 fully saturated rings. The maximum atomic E-state index is 13.9. The van der Waals surface area contributed by atoms with E-state index in [0.29, 0.717) is 10.0 Å². The Morgan fingerprint density at radius 3 is 2.46 bits per heavy atom. The molecule has 0 bridgehead atoms. The van der Waals surface area contributed by atoms with Crippen LogP contribution in [0.3, 0.4) is 0 Å². The number of halogens is 2. The van der Waals surface area contributed by atoms with Gasteiger partial charge in [0.25, 0.3) is 0 Å². The van der Waals surface area contributed by atoms with Crippen molar-refractivity contribution in [3.8, 4) is 0 Å². The summed E-state index contributed by atoms with van der Waals surface area (Å²) < 4.78 is 0. The number of para-hydroxylation sites is 1. The first-order valence-corrected chi connectivity index (χ1v) is 13.9. The van der Waals surface area contributed by atoms with E-state index < -0.39 is 17.5 Å². The number of nitrogens with zero attached hydrogens (tertiary/aromatic N) is 2. The molecule has 0 radical (unpaired) electrons. The second kappa shape index (κ2) is 10.9. The van der Waals surface area contributed by atoms with Gasteiger partial charge < -0.3 is 16.2 Å². The van der Waals surface area contributed by atoms with Crippen LogP contribution in [-0.4, -0.2) is 23.0 Å². The van der Waals surface area contributed by atoms with E-state index in [1.165, 1.54) is 0 Å². The summed E-state index contributed by atoms with van der Waals surface area (Å²) >= 11 is 12.7. The van der Waals surface area contributed by atoms with Gasteiger partial charge in [-0.15, -0.1) is 0 Å². The Balaban J connectivity index is 1.58. The number of hydrogen-bond donors (Lipinski definition) is 2. The number of benzene rings is 3. The van der Waals surface area contributed by atoms with Gasteiger partial charge in [0, 0.05) is 39.6 Å². The van der Waals surface area contributed by atoms with Crippen LogP contribution in [0.5, 0.6) is 0 Å². The van der Waals surface area contributed by atoms with Crippen molar-refractivity contribution < 1.29 is 5.11 Å². The van der Waals surface area contributed by atoms with Crippen molar-refractivity contribution in [1.82, 2.24) is 10.3 Å². The number of aromatic nitrogens is 1. The van der Waals surface area contributed by atoms with Gasteiger partial charge in [-0.1, -0.05) is 86.4 Å². The highest BCUT2D eigenvalue weighted by molar-refractivity contribution is 6.30. The van der Waals surface area contributed by atoms with Gasteiger partial charge in [0.15, 0.2) is 0 Å². The largest absolute Gasteiger partial charge is 0.861 e. The summed E-state index contributed by atoms with van der Waals surface area (Å²) in [5.41, 5.74) is 10.1. The fraction of sp³-hybridized carbons (Fsp3) is 0.312. The van der Waals surface area contributed by atoms with Gasteiger partial charge in [0.05, 0.1) is 17.6 Å². The zero-order chi connectivity index (χ0) is 27.8. The van der Waals surface area contributed by atoms with Crippen LogP contribution in [0.1, 0.15) is 49.8 Å². The predicted molar refractivity (Wildman–Crippen MR) is 159 cm³/mol. The zero-order valence-electron chi connectivity index (χ0n) is 22.4. The molecule has 0 saturated carbocycles. The SMILES string of the molecule is CC(C)(C)C[C@@H]1N[C@@H](C([O-])=NCc2cnc3ccccc3c2)[C@H](c2cccc(Cl)c2)[C@@]1(N)c1ccc(Cl)cc1. The van der Waals surface area contributed by atoms with E-state index >= 15 is 0 Å². The molecule has 4 aromatic rings. The summed E-state index contributed by atoms with van der Waals surface area (Å²) in [6.45, 7) is 6.77. The molecule has 5 rings (SSSR count). The van der Waals surface area contributed by atoms with Crippen molar-refractivity contribution in [2.24, 2.45) is 16.1 Å². The Bertz CT molecular complexity index is 1500. The lowest BCUT2D eigenvalue weighted by molar-refractivity contribution is -0.222. The van der Waals surface area contributed by atoms with Crippen molar-refractivity contribution >= 4 is 40.0 Å². The second-order valence-electron chi connectivity index (χ2n) is 11.6. The molecular weight excluding hydrogens is 527 g/mol. The first kappa shape index (κ1) is 27.6. The van der Waals surface area contributed by atoms with Gasteiger partial charge in [-0.25, -0.2) is 0 Å². The van der Waals surface area contributed by atoms with Crippen LogP contribution in [0.15, 0.2) is 90.1 Å². The first-order chi connectivity index (χ1) is 18.5. The van der Waals surface area contributed by atoms with E-state index in [1.807, 2.05) is 78.9 Å². The summed E-state index contributed by atoms with van der Waals surface area (Å²) in [5, 5.41) is 19.7. The molecular formula is C32H33Cl2N4O-. The minimum Gasteiger partial charge on any atom is -0.861 e. The Hall–Kier alpha value is -2.96. The maximum Gasteiger partial charge on any atom is 0.0702 e. The Morgan fingerprint density at radius 2 is 1.74 bits per heavy atom. The van der Waals surface area contributed by atoms with Crippen molar-refractivity contribution in [2.45, 2.75) is 57.3 Å². The van der Waals surface area contributed by atoms with Crippen LogP contribution in [0.25, 0.3) is 10.9 Å². The third kappa shape index (κ3) is 5.82. The number of nitrogens with one attached hydrogen (secondary N) is 1. The first-order valence-electron chi connectivity index (χ1n) is 13.2. The molecule has 1 saturated heterocycles. The minimum atomic E-state index is -0.914. The van der Waals surface area contributed by atoms with E-state index in [-0.39, 0.29) is 23.9 Å². The quantitative estimate of drug-likeness (QED) is 0.217. The smallest absolute Gasteiger partial charge is 0.0702 e. The lowest BCUT2D eigenvalue weighted by Gasteiger charge is -2.40. The fourth-order valence-electron chi connectivity index (χ4n) is 5.76. The van der Waals surface area contributed by atoms with Gasteiger partial charge in [-0.2, -0.15) is 0 Å². The summed E-state index contributed by atoms with van der Waals surface area (Å²) in [4.78, 5) is 9.05. The third-order valence-electron chi connectivity index (χ3n) is 7.50. The van der Waals surface area contributed by atoms with Crippen molar-refractivity contribution in [1.29, 1.82) is 0 Å². The molecule has 7 heteroatoms. The van der Waals surface area contributed by atoms with Gasteiger partial charge in [-0.3, -0.25) is 9.98 Å². The minimum absolute atomic E-state index is 0.0422. The molecule has 1 aliphatic heterocycles. The fourth-order valence-corrected chi connectivity index (χ4v) is 6.08. The lowest BCUT2D eigenvalue weighted by Crippen LogP contribution is -2.51. The number of aliphatic imine (C=N–C) groups is 1. The molecule has 2 heterocycles. The number of fused-ring (bicyclic) bond motifs is 1. The highest BCUT2D eigenvalue weighted by Crippen LogP contribution is 2.48. The standard InChI is InChI=1S/C32H34Cl2N4O/c1-31(2,3)17-27-32(35,23-11-13-24(33)14-12-23)28(22-8-6-9-25(34)16-22)29(38-27)30(39)37-19-20-15-21-7-4-5-10-26(21)36-18-20/h4-16,18,27-29,38H,17,19,35H2,1-3H3,(H,37,39)/p-1/t27-,28-,29+,32+/m0/s1. The molecule has 0 amide bonds. The van der Waals surface area contributed by atoms with Crippen LogP contribution in [0.4, 0.5) is 0 Å². The molecule has 0 spiro atoms. The summed E-state index contributed by atoms with van der Waals surface area (Å²) in [7, 11) is 0. The Labute approximate surface area is 240 Å². The van der Waals surface area contributed by atoms with E-state index in [0.717, 1.165) is 34.0 Å². The summed E-state index contributed by atoms with van der Waals surface area (Å²) in [5.74, 6) is -0.649. The maximum absolute atomic E-state index is 13.9. The molecule has 202 valence electrons. The van der Waals surface area contributed by atoms with Crippen molar-refractivity contribution in [3.63, 3.8) is 0 Å². The van der Waals surface area contributed by atoms with Crippen LogP contribution >= 0.6 is 23.2 Å². The van der Waals surface area contributed by atoms with Crippen molar-refractivity contribution in [3.05, 3.63) is 112 Å². The molecule has 0 aliphatic carbocycles. The molecule has 3 aromatic carbocycles. The Morgan fingerprint density at radius 1 is 1.00 bits per heavy atom. The van der Waals surface area contributed by atoms with Crippen molar-refractivity contribution in [2.75, 3.05) is 0 Å². The highest BCUT2D eigenvalue weighted by Gasteiger charge is 2.54. The second-order valence-corrected chi connectivity index (χ2v) is 12.5. The van der Waals surface area contributed by atoms with E-state index in [2.05, 4.69) is 36.1 Å². The normalized spacial score (nSPS) is 23.8. The average Bonchev–Trinajstić information content (AvgIpc) is 3.19. The molecule has 1 aromatic heterocycles. The Kier molecular flexibility index (Phi) is 7.71. The predicted octanol–water partition coefficient (Wildman–Crippen LogP) is 6.22. The van der Waals surface area contributed by atoms with Gasteiger partial charge in [0.2, 0.25) is 0 Å². The number of hydrogen-bond acceptors (Lipinski definition) is 5. The number of rotatable bonds is 6. The monoisotopic (exact) mass is 559 g/mol. The molecule has 0 unspecified atom stereocenters. The van der Waals surface area contributed by atoms with Crippen LogP contribution in [-0.2, 0) is 12.1 Å². The average molecular weight is 561 g/mol. The van der Waals surface area contributed by atoms with Crippen LogP contribution in [0, 0.1) is 5.41 Å². The topological polar surface area (TPSA) is 86.4 Å². The van der Waals surface area contributed by atoms with Crippen LogP contribution < -0.4 is 16.2 Å². The van der Waals surface area contributed by atoms with Gasteiger partial charge in [0.1, 0.15) is 0 Å². The highest BCUT2D eigenvalue weighted by atomic mass is 35.5. The molecule has 1 aliphatic rings. The zero-order valence-corrected chi connectivity index (χ0v) is 23.9. The van der Waals surface area contributed by atoms with E-state index in [9.17, 15) is 5.11 Å². The molecule has 39 heavy (non-hydrogen) atoms. The molecule has 5 nitrogen and oxygen atoms in total. The van der Waals surface area contributed by atoms with E-state index in [1.54, 1.807) is 6.20 Å². The van der Waals surface area contributed by atoms with Gasteiger partial charge >= 0.3 is 0 Å². The summed E-state index contributed by atoms with van der Waals surface area (Å²) in [6.07, 6.45) is 2.53. The van der Waals surface area contributed by atoms with E-state index in [4.69, 9.17) is 28.9 Å².